The fourth-order valence-electron chi connectivity index (χ4n) is 4.01. The number of benzene rings is 1. The summed E-state index contributed by atoms with van der Waals surface area (Å²) in [5.74, 6) is 1.73. The van der Waals surface area contributed by atoms with Crippen LogP contribution in [0.5, 0.6) is 0 Å². The highest BCUT2D eigenvalue weighted by molar-refractivity contribution is 5.26. The van der Waals surface area contributed by atoms with Gasteiger partial charge in [-0.25, -0.2) is 0 Å². The first-order valence-electron chi connectivity index (χ1n) is 8.55. The smallest absolute Gasteiger partial charge is 0.00813 e. The van der Waals surface area contributed by atoms with E-state index in [0.29, 0.717) is 0 Å². The highest BCUT2D eigenvalue weighted by atomic mass is 15.0. The van der Waals surface area contributed by atoms with Crippen LogP contribution in [0.3, 0.4) is 0 Å². The lowest BCUT2D eigenvalue weighted by Crippen LogP contribution is -2.47. The SMILES string of the molecule is Cc1ccc(C2CC(N[C@@H](C)C3CCCCC3)C2)cc1. The lowest BCUT2D eigenvalue weighted by atomic mass is 9.74. The maximum Gasteiger partial charge on any atom is 0.00813 e. The lowest BCUT2D eigenvalue weighted by Gasteiger charge is -2.40. The molecule has 1 heteroatoms. The van der Waals surface area contributed by atoms with Crippen molar-refractivity contribution in [1.82, 2.24) is 5.32 Å². The van der Waals surface area contributed by atoms with E-state index in [9.17, 15) is 0 Å². The molecule has 0 aromatic heterocycles. The zero-order valence-corrected chi connectivity index (χ0v) is 13.1. The van der Waals surface area contributed by atoms with Crippen LogP contribution in [0, 0.1) is 12.8 Å². The molecule has 1 N–H and O–H groups in total. The van der Waals surface area contributed by atoms with E-state index in [4.69, 9.17) is 0 Å². The second-order valence-corrected chi connectivity index (χ2v) is 7.13. The Morgan fingerprint density at radius 2 is 1.65 bits per heavy atom. The van der Waals surface area contributed by atoms with Gasteiger partial charge in [-0.2, -0.15) is 0 Å². The van der Waals surface area contributed by atoms with Crippen LogP contribution in [-0.2, 0) is 0 Å². The van der Waals surface area contributed by atoms with Crippen LogP contribution in [0.4, 0.5) is 0 Å². The van der Waals surface area contributed by atoms with Gasteiger partial charge in [-0.3, -0.25) is 0 Å². The van der Waals surface area contributed by atoms with E-state index in [1.807, 2.05) is 0 Å². The van der Waals surface area contributed by atoms with Gasteiger partial charge in [0, 0.05) is 12.1 Å². The van der Waals surface area contributed by atoms with Crippen molar-refractivity contribution < 1.29 is 0 Å². The molecule has 2 aliphatic carbocycles. The quantitative estimate of drug-likeness (QED) is 0.829. The monoisotopic (exact) mass is 271 g/mol. The summed E-state index contributed by atoms with van der Waals surface area (Å²) in [5.41, 5.74) is 2.91. The van der Waals surface area contributed by atoms with Crippen LogP contribution in [0.15, 0.2) is 24.3 Å². The zero-order chi connectivity index (χ0) is 13.9. The van der Waals surface area contributed by atoms with Crippen LogP contribution < -0.4 is 5.32 Å². The van der Waals surface area contributed by atoms with Gasteiger partial charge in [0.1, 0.15) is 0 Å². The van der Waals surface area contributed by atoms with Crippen molar-refractivity contribution in [3.05, 3.63) is 35.4 Å². The first-order chi connectivity index (χ1) is 9.72. The van der Waals surface area contributed by atoms with Gasteiger partial charge in [-0.05, 0) is 56.9 Å². The van der Waals surface area contributed by atoms with Crippen molar-refractivity contribution in [1.29, 1.82) is 0 Å². The Morgan fingerprint density at radius 3 is 2.30 bits per heavy atom. The summed E-state index contributed by atoms with van der Waals surface area (Å²) < 4.78 is 0. The maximum absolute atomic E-state index is 3.90. The average molecular weight is 271 g/mol. The predicted octanol–water partition coefficient (Wildman–Crippen LogP) is 4.80. The molecule has 1 aromatic carbocycles. The molecule has 2 fully saturated rings. The van der Waals surface area contributed by atoms with Crippen LogP contribution >= 0.6 is 0 Å². The van der Waals surface area contributed by atoms with Crippen molar-refractivity contribution in [3.63, 3.8) is 0 Å². The topological polar surface area (TPSA) is 12.0 Å². The summed E-state index contributed by atoms with van der Waals surface area (Å²) in [7, 11) is 0. The summed E-state index contributed by atoms with van der Waals surface area (Å²) >= 11 is 0. The highest BCUT2D eigenvalue weighted by Crippen LogP contribution is 2.38. The van der Waals surface area contributed by atoms with Gasteiger partial charge in [0.2, 0.25) is 0 Å². The molecule has 2 aliphatic rings. The first kappa shape index (κ1) is 14.1. The molecular weight excluding hydrogens is 242 g/mol. The van der Waals surface area contributed by atoms with Crippen molar-refractivity contribution in [2.75, 3.05) is 0 Å². The van der Waals surface area contributed by atoms with E-state index >= 15 is 0 Å². The molecule has 1 atom stereocenters. The summed E-state index contributed by atoms with van der Waals surface area (Å²) in [6.45, 7) is 4.58. The predicted molar refractivity (Wildman–Crippen MR) is 86.1 cm³/mol. The largest absolute Gasteiger partial charge is 0.311 e. The average Bonchev–Trinajstić information content (AvgIpc) is 2.44. The number of rotatable bonds is 4. The van der Waals surface area contributed by atoms with E-state index in [-0.39, 0.29) is 0 Å². The highest BCUT2D eigenvalue weighted by Gasteiger charge is 2.32. The molecule has 0 aliphatic heterocycles. The molecule has 110 valence electrons. The molecule has 3 rings (SSSR count). The standard InChI is InChI=1S/C19H29N/c1-14-8-10-17(11-9-14)18-12-19(13-18)20-15(2)16-6-4-3-5-7-16/h8-11,15-16,18-20H,3-7,12-13H2,1-2H3/t15-,18?,19?/m0/s1. The van der Waals surface area contributed by atoms with Gasteiger partial charge in [-0.1, -0.05) is 49.1 Å². The molecule has 1 aromatic rings. The van der Waals surface area contributed by atoms with Gasteiger partial charge in [0.25, 0.3) is 0 Å². The normalized spacial score (nSPS) is 28.9. The minimum absolute atomic E-state index is 0.722. The second-order valence-electron chi connectivity index (χ2n) is 7.13. The Morgan fingerprint density at radius 1 is 1.00 bits per heavy atom. The Hall–Kier alpha value is -0.820. The van der Waals surface area contributed by atoms with E-state index in [0.717, 1.165) is 23.9 Å². The Labute approximate surface area is 124 Å². The molecule has 0 saturated heterocycles. The molecular formula is C19H29N. The van der Waals surface area contributed by atoms with Gasteiger partial charge >= 0.3 is 0 Å². The maximum atomic E-state index is 3.90. The van der Waals surface area contributed by atoms with Gasteiger partial charge < -0.3 is 5.32 Å². The molecule has 0 spiro atoms. The first-order valence-corrected chi connectivity index (χ1v) is 8.55. The summed E-state index contributed by atoms with van der Waals surface area (Å²) in [6, 6.07) is 10.6. The molecule has 0 amide bonds. The van der Waals surface area contributed by atoms with Crippen LogP contribution in [0.2, 0.25) is 0 Å². The molecule has 1 nitrogen and oxygen atoms in total. The number of hydrogen-bond donors (Lipinski definition) is 1. The van der Waals surface area contributed by atoms with Gasteiger partial charge in [-0.15, -0.1) is 0 Å². The third-order valence-electron chi connectivity index (χ3n) is 5.54. The summed E-state index contributed by atoms with van der Waals surface area (Å²) in [4.78, 5) is 0. The Balaban J connectivity index is 1.44. The minimum atomic E-state index is 0.722. The molecule has 20 heavy (non-hydrogen) atoms. The molecule has 0 radical (unpaired) electrons. The van der Waals surface area contributed by atoms with Crippen molar-refractivity contribution in [2.45, 2.75) is 76.8 Å². The molecule has 0 bridgehead atoms. The second kappa shape index (κ2) is 6.30. The van der Waals surface area contributed by atoms with E-state index in [1.165, 1.54) is 50.5 Å². The Bertz CT molecular complexity index is 410. The number of hydrogen-bond acceptors (Lipinski definition) is 1. The molecule has 2 saturated carbocycles. The van der Waals surface area contributed by atoms with Crippen molar-refractivity contribution in [2.24, 2.45) is 5.92 Å². The summed E-state index contributed by atoms with van der Waals surface area (Å²) in [6.07, 6.45) is 9.92. The molecule has 0 heterocycles. The van der Waals surface area contributed by atoms with Gasteiger partial charge in [0.05, 0.1) is 0 Å². The van der Waals surface area contributed by atoms with Crippen LogP contribution in [0.1, 0.15) is 68.9 Å². The third kappa shape index (κ3) is 3.25. The fourth-order valence-corrected chi connectivity index (χ4v) is 4.01. The van der Waals surface area contributed by atoms with Crippen LogP contribution in [-0.4, -0.2) is 12.1 Å². The van der Waals surface area contributed by atoms with E-state index in [2.05, 4.69) is 43.4 Å². The number of aryl methyl sites for hydroxylation is 1. The third-order valence-corrected chi connectivity index (χ3v) is 5.54. The molecule has 0 unspecified atom stereocenters. The summed E-state index contributed by atoms with van der Waals surface area (Å²) in [5, 5.41) is 3.90. The van der Waals surface area contributed by atoms with E-state index < -0.39 is 0 Å². The minimum Gasteiger partial charge on any atom is -0.311 e. The Kier molecular flexibility index (Phi) is 4.45. The zero-order valence-electron chi connectivity index (χ0n) is 13.1. The fraction of sp³-hybridized carbons (Fsp3) is 0.684. The lowest BCUT2D eigenvalue weighted by molar-refractivity contribution is 0.211. The van der Waals surface area contributed by atoms with Crippen molar-refractivity contribution >= 4 is 0 Å². The van der Waals surface area contributed by atoms with E-state index in [1.54, 1.807) is 5.56 Å². The van der Waals surface area contributed by atoms with Crippen LogP contribution in [0.25, 0.3) is 0 Å². The van der Waals surface area contributed by atoms with Crippen molar-refractivity contribution in [3.8, 4) is 0 Å². The number of nitrogens with one attached hydrogen (secondary N) is 1. The van der Waals surface area contributed by atoms with Gasteiger partial charge in [0.15, 0.2) is 0 Å².